The van der Waals surface area contributed by atoms with Gasteiger partial charge in [0.05, 0.1) is 18.2 Å². The molecule has 1 saturated carbocycles. The van der Waals surface area contributed by atoms with Gasteiger partial charge >= 0.3 is 0 Å². The van der Waals surface area contributed by atoms with Gasteiger partial charge in [-0.3, -0.25) is 0 Å². The standard InChI is InChI=1S/C20H27N3O.2ClH/c21-10-15-3-6-20-18(9-15)19-12-23(11-16(19)13-24-20)8-7-14-1-4-17(22)5-2-14;;/h3,6,9,14,16-17,19H,1-2,4-5,7-8,11-13,22H2;2*1H/t14?,16-,17?,19+;;/m0../s1. The lowest BCUT2D eigenvalue weighted by Gasteiger charge is -2.27. The van der Waals surface area contributed by atoms with Gasteiger partial charge in [0.2, 0.25) is 0 Å². The van der Waals surface area contributed by atoms with Gasteiger partial charge in [0, 0.05) is 36.5 Å². The number of ether oxygens (including phenoxy) is 1. The van der Waals surface area contributed by atoms with Crippen molar-refractivity contribution in [3.8, 4) is 11.8 Å². The van der Waals surface area contributed by atoms with Crippen LogP contribution in [0.15, 0.2) is 18.2 Å². The Labute approximate surface area is 168 Å². The Morgan fingerprint density at radius 2 is 1.92 bits per heavy atom. The molecule has 2 heterocycles. The van der Waals surface area contributed by atoms with Crippen LogP contribution in [0.25, 0.3) is 0 Å². The lowest BCUT2D eigenvalue weighted by Crippen LogP contribution is -2.29. The number of nitrogens with two attached hydrogens (primary N) is 1. The molecule has 0 bridgehead atoms. The molecule has 0 radical (unpaired) electrons. The molecule has 2 aliphatic heterocycles. The second-order valence-corrected chi connectivity index (χ2v) is 7.87. The van der Waals surface area contributed by atoms with Crippen molar-refractivity contribution in [2.45, 2.75) is 44.1 Å². The first-order chi connectivity index (χ1) is 11.7. The Balaban J connectivity index is 0.00000121. The predicted octanol–water partition coefficient (Wildman–Crippen LogP) is 3.72. The zero-order valence-electron chi connectivity index (χ0n) is 15.1. The summed E-state index contributed by atoms with van der Waals surface area (Å²) in [6.45, 7) is 4.26. The van der Waals surface area contributed by atoms with Crippen molar-refractivity contribution in [3.63, 3.8) is 0 Å². The van der Waals surface area contributed by atoms with Crippen molar-refractivity contribution in [1.82, 2.24) is 4.90 Å². The fourth-order valence-corrected chi connectivity index (χ4v) is 4.74. The van der Waals surface area contributed by atoms with Gasteiger partial charge in [-0.15, -0.1) is 24.8 Å². The highest BCUT2D eigenvalue weighted by Crippen LogP contribution is 2.42. The van der Waals surface area contributed by atoms with Crippen LogP contribution in [0.3, 0.4) is 0 Å². The minimum absolute atomic E-state index is 0. The highest BCUT2D eigenvalue weighted by Gasteiger charge is 2.38. The van der Waals surface area contributed by atoms with Crippen LogP contribution in [0.5, 0.6) is 5.75 Å². The number of hydrogen-bond donors (Lipinski definition) is 1. The Morgan fingerprint density at radius 1 is 1.15 bits per heavy atom. The molecule has 1 aromatic rings. The first kappa shape index (κ1) is 21.3. The van der Waals surface area contributed by atoms with Crippen molar-refractivity contribution in [2.75, 3.05) is 26.2 Å². The summed E-state index contributed by atoms with van der Waals surface area (Å²) in [5.41, 5.74) is 8.01. The van der Waals surface area contributed by atoms with Gasteiger partial charge in [-0.2, -0.15) is 5.26 Å². The van der Waals surface area contributed by atoms with E-state index in [0.717, 1.165) is 36.9 Å². The molecule has 26 heavy (non-hydrogen) atoms. The van der Waals surface area contributed by atoms with E-state index in [4.69, 9.17) is 15.7 Å². The lowest BCUT2D eigenvalue weighted by molar-refractivity contribution is 0.208. The molecular formula is C20H29Cl2N3O. The molecular weight excluding hydrogens is 369 g/mol. The van der Waals surface area contributed by atoms with Crippen LogP contribution in [0.4, 0.5) is 0 Å². The van der Waals surface area contributed by atoms with Crippen molar-refractivity contribution < 1.29 is 4.74 Å². The molecule has 1 aromatic carbocycles. The summed E-state index contributed by atoms with van der Waals surface area (Å²) in [4.78, 5) is 2.61. The van der Waals surface area contributed by atoms with E-state index in [-0.39, 0.29) is 24.8 Å². The number of rotatable bonds is 3. The average molecular weight is 398 g/mol. The smallest absolute Gasteiger partial charge is 0.122 e. The van der Waals surface area contributed by atoms with E-state index in [1.165, 1.54) is 44.2 Å². The number of halogens is 2. The van der Waals surface area contributed by atoms with Gasteiger partial charge in [0.1, 0.15) is 5.75 Å². The quantitative estimate of drug-likeness (QED) is 0.843. The van der Waals surface area contributed by atoms with Crippen LogP contribution in [-0.2, 0) is 0 Å². The summed E-state index contributed by atoms with van der Waals surface area (Å²) < 4.78 is 5.94. The van der Waals surface area contributed by atoms with Crippen LogP contribution < -0.4 is 10.5 Å². The maximum Gasteiger partial charge on any atom is 0.122 e. The molecule has 1 saturated heterocycles. The number of fused-ring (bicyclic) bond motifs is 3. The van der Waals surface area contributed by atoms with Gasteiger partial charge < -0.3 is 15.4 Å². The molecule has 0 amide bonds. The lowest BCUT2D eigenvalue weighted by atomic mass is 9.84. The molecule has 0 aromatic heterocycles. The van der Waals surface area contributed by atoms with E-state index in [9.17, 15) is 0 Å². The van der Waals surface area contributed by atoms with Crippen molar-refractivity contribution in [3.05, 3.63) is 29.3 Å². The normalized spacial score (nSPS) is 30.0. The predicted molar refractivity (Wildman–Crippen MR) is 108 cm³/mol. The van der Waals surface area contributed by atoms with E-state index in [1.807, 2.05) is 18.2 Å². The largest absolute Gasteiger partial charge is 0.493 e. The summed E-state index contributed by atoms with van der Waals surface area (Å²) in [5.74, 6) is 2.95. The third kappa shape index (κ3) is 4.46. The third-order valence-electron chi connectivity index (χ3n) is 6.25. The average Bonchev–Trinajstić information content (AvgIpc) is 3.04. The SMILES string of the molecule is Cl.Cl.N#Cc1ccc2c(c1)[C@@H]1CN(CCC3CCC(N)CC3)C[C@H]1CO2. The van der Waals surface area contributed by atoms with Crippen molar-refractivity contribution >= 4 is 24.8 Å². The molecule has 4 nitrogen and oxygen atoms in total. The van der Waals surface area contributed by atoms with Gasteiger partial charge in [-0.1, -0.05) is 0 Å². The minimum atomic E-state index is 0. The van der Waals surface area contributed by atoms with Crippen LogP contribution in [0.1, 0.15) is 49.1 Å². The number of nitriles is 1. The van der Waals surface area contributed by atoms with E-state index in [1.54, 1.807) is 0 Å². The Bertz CT molecular complexity index is 640. The van der Waals surface area contributed by atoms with Gasteiger partial charge in [-0.25, -0.2) is 0 Å². The van der Waals surface area contributed by atoms with Gasteiger partial charge in [0.25, 0.3) is 0 Å². The zero-order chi connectivity index (χ0) is 16.5. The van der Waals surface area contributed by atoms with Crippen molar-refractivity contribution in [2.24, 2.45) is 17.6 Å². The van der Waals surface area contributed by atoms with Crippen LogP contribution in [0.2, 0.25) is 0 Å². The molecule has 144 valence electrons. The Morgan fingerprint density at radius 3 is 2.65 bits per heavy atom. The molecule has 0 spiro atoms. The molecule has 4 rings (SSSR count). The van der Waals surface area contributed by atoms with Crippen LogP contribution in [-0.4, -0.2) is 37.2 Å². The summed E-state index contributed by atoms with van der Waals surface area (Å²) in [6, 6.07) is 8.57. The third-order valence-corrected chi connectivity index (χ3v) is 6.25. The molecule has 1 aliphatic carbocycles. The first-order valence-corrected chi connectivity index (χ1v) is 9.37. The summed E-state index contributed by atoms with van der Waals surface area (Å²) in [5, 5.41) is 9.17. The molecule has 2 fully saturated rings. The van der Waals surface area contributed by atoms with Crippen molar-refractivity contribution in [1.29, 1.82) is 5.26 Å². The topological polar surface area (TPSA) is 62.3 Å². The fourth-order valence-electron chi connectivity index (χ4n) is 4.74. The maximum atomic E-state index is 9.17. The second kappa shape index (κ2) is 9.28. The summed E-state index contributed by atoms with van der Waals surface area (Å²) >= 11 is 0. The van der Waals surface area contributed by atoms with Gasteiger partial charge in [0.15, 0.2) is 0 Å². The molecule has 0 unspecified atom stereocenters. The second-order valence-electron chi connectivity index (χ2n) is 7.87. The summed E-state index contributed by atoms with van der Waals surface area (Å²) in [6.07, 6.45) is 6.32. The number of benzene rings is 1. The highest BCUT2D eigenvalue weighted by atomic mass is 35.5. The molecule has 2 atom stereocenters. The van der Waals surface area contributed by atoms with E-state index < -0.39 is 0 Å². The minimum Gasteiger partial charge on any atom is -0.493 e. The first-order valence-electron chi connectivity index (χ1n) is 9.37. The number of likely N-dealkylation sites (tertiary alicyclic amines) is 1. The number of hydrogen-bond acceptors (Lipinski definition) is 4. The van der Waals surface area contributed by atoms with Crippen LogP contribution in [0, 0.1) is 23.2 Å². The van der Waals surface area contributed by atoms with Crippen LogP contribution >= 0.6 is 24.8 Å². The van der Waals surface area contributed by atoms with Gasteiger partial charge in [-0.05, 0) is 62.8 Å². The zero-order valence-corrected chi connectivity index (χ0v) is 16.7. The maximum absolute atomic E-state index is 9.17. The van der Waals surface area contributed by atoms with E-state index in [2.05, 4.69) is 11.0 Å². The molecule has 2 N–H and O–H groups in total. The fraction of sp³-hybridized carbons (Fsp3) is 0.650. The van der Waals surface area contributed by atoms with E-state index >= 15 is 0 Å². The molecule has 3 aliphatic rings. The Hall–Kier alpha value is -0.990. The van der Waals surface area contributed by atoms with E-state index in [0.29, 0.717) is 17.9 Å². The monoisotopic (exact) mass is 397 g/mol. The summed E-state index contributed by atoms with van der Waals surface area (Å²) in [7, 11) is 0. The highest BCUT2D eigenvalue weighted by molar-refractivity contribution is 5.85. The Kier molecular flexibility index (Phi) is 7.61. The number of nitrogens with zero attached hydrogens (tertiary/aromatic N) is 2. The molecule has 6 heteroatoms.